The quantitative estimate of drug-likeness (QED) is 0.765. The summed E-state index contributed by atoms with van der Waals surface area (Å²) in [6.45, 7) is 2.77. The monoisotopic (exact) mass is 389 g/mol. The second-order valence-electron chi connectivity index (χ2n) is 5.40. The molecule has 1 aliphatic heterocycles. The van der Waals surface area contributed by atoms with Gasteiger partial charge in [-0.3, -0.25) is 4.79 Å². The molecule has 1 fully saturated rings. The maximum atomic E-state index is 12.4. The van der Waals surface area contributed by atoms with Gasteiger partial charge in [-0.1, -0.05) is 15.9 Å². The second kappa shape index (κ2) is 7.08. The van der Waals surface area contributed by atoms with E-state index in [9.17, 15) is 13.2 Å². The lowest BCUT2D eigenvalue weighted by atomic mass is 10.3. The predicted octanol–water partition coefficient (Wildman–Crippen LogP) is 0.844. The standard InChI is InChI=1S/C14H20BrN3O3S/c1-16-7-9-18(10-8-16)14(19)11-17(2)22(20,21)13-5-3-12(15)4-6-13/h3-6H,7-11H2,1-2H3. The minimum atomic E-state index is -3.65. The lowest BCUT2D eigenvalue weighted by molar-refractivity contribution is -0.132. The van der Waals surface area contributed by atoms with Crippen molar-refractivity contribution in [3.05, 3.63) is 28.7 Å². The van der Waals surface area contributed by atoms with Gasteiger partial charge in [-0.2, -0.15) is 4.31 Å². The molecule has 0 radical (unpaired) electrons. The molecule has 0 saturated carbocycles. The van der Waals surface area contributed by atoms with Crippen LogP contribution in [-0.4, -0.2) is 75.2 Å². The minimum absolute atomic E-state index is 0.137. The zero-order valence-corrected chi connectivity index (χ0v) is 15.1. The molecular weight excluding hydrogens is 370 g/mol. The molecule has 0 aliphatic carbocycles. The molecule has 2 rings (SSSR count). The summed E-state index contributed by atoms with van der Waals surface area (Å²) in [6, 6.07) is 6.39. The maximum absolute atomic E-state index is 12.4. The summed E-state index contributed by atoms with van der Waals surface area (Å²) in [5, 5.41) is 0. The number of nitrogens with zero attached hydrogens (tertiary/aromatic N) is 3. The third-order valence-electron chi connectivity index (χ3n) is 3.74. The minimum Gasteiger partial charge on any atom is -0.339 e. The van der Waals surface area contributed by atoms with Crippen LogP contribution in [0.1, 0.15) is 0 Å². The Balaban J connectivity index is 2.03. The first kappa shape index (κ1) is 17.4. The second-order valence-corrected chi connectivity index (χ2v) is 8.36. The molecule has 0 spiro atoms. The van der Waals surface area contributed by atoms with Crippen LogP contribution in [0.25, 0.3) is 0 Å². The van der Waals surface area contributed by atoms with E-state index in [1.54, 1.807) is 17.0 Å². The number of halogens is 1. The molecule has 1 aliphatic rings. The molecule has 0 atom stereocenters. The summed E-state index contributed by atoms with van der Waals surface area (Å²) in [5.74, 6) is -0.156. The van der Waals surface area contributed by atoms with Gasteiger partial charge >= 0.3 is 0 Å². The van der Waals surface area contributed by atoms with E-state index < -0.39 is 10.0 Å². The van der Waals surface area contributed by atoms with Gasteiger partial charge in [-0.25, -0.2) is 8.42 Å². The molecule has 1 aromatic rings. The van der Waals surface area contributed by atoms with E-state index in [1.165, 1.54) is 19.2 Å². The fourth-order valence-corrected chi connectivity index (χ4v) is 3.60. The van der Waals surface area contributed by atoms with E-state index in [2.05, 4.69) is 20.8 Å². The first-order valence-corrected chi connectivity index (χ1v) is 9.22. The lowest BCUT2D eigenvalue weighted by Gasteiger charge is -2.33. The van der Waals surface area contributed by atoms with Gasteiger partial charge in [0.2, 0.25) is 15.9 Å². The number of piperazine rings is 1. The van der Waals surface area contributed by atoms with Gasteiger partial charge in [0.1, 0.15) is 0 Å². The molecule has 0 aromatic heterocycles. The Morgan fingerprint density at radius 1 is 1.18 bits per heavy atom. The summed E-state index contributed by atoms with van der Waals surface area (Å²) in [7, 11) is -0.204. The average molecular weight is 390 g/mol. The predicted molar refractivity (Wildman–Crippen MR) is 88.0 cm³/mol. The normalized spacial score (nSPS) is 17.0. The zero-order chi connectivity index (χ0) is 16.3. The number of hydrogen-bond acceptors (Lipinski definition) is 4. The highest BCUT2D eigenvalue weighted by atomic mass is 79.9. The third-order valence-corrected chi connectivity index (χ3v) is 6.08. The van der Waals surface area contributed by atoms with E-state index in [1.807, 2.05) is 7.05 Å². The highest BCUT2D eigenvalue weighted by Crippen LogP contribution is 2.18. The van der Waals surface area contributed by atoms with Gasteiger partial charge in [-0.05, 0) is 31.3 Å². The smallest absolute Gasteiger partial charge is 0.243 e. The van der Waals surface area contributed by atoms with Crippen LogP contribution in [0.4, 0.5) is 0 Å². The Morgan fingerprint density at radius 3 is 2.27 bits per heavy atom. The molecule has 1 aromatic carbocycles. The van der Waals surface area contributed by atoms with Crippen LogP contribution in [0.3, 0.4) is 0 Å². The largest absolute Gasteiger partial charge is 0.339 e. The topological polar surface area (TPSA) is 60.9 Å². The number of benzene rings is 1. The van der Waals surface area contributed by atoms with Crippen molar-refractivity contribution in [1.82, 2.24) is 14.1 Å². The van der Waals surface area contributed by atoms with Gasteiger partial charge in [0.15, 0.2) is 0 Å². The van der Waals surface area contributed by atoms with Crippen molar-refractivity contribution < 1.29 is 13.2 Å². The highest BCUT2D eigenvalue weighted by Gasteiger charge is 2.26. The molecule has 1 saturated heterocycles. The van der Waals surface area contributed by atoms with Crippen LogP contribution in [0, 0.1) is 0 Å². The van der Waals surface area contributed by atoms with Crippen molar-refractivity contribution >= 4 is 31.9 Å². The fourth-order valence-electron chi connectivity index (χ4n) is 2.22. The summed E-state index contributed by atoms with van der Waals surface area (Å²) in [4.78, 5) is 16.3. The summed E-state index contributed by atoms with van der Waals surface area (Å²) in [5.41, 5.74) is 0. The number of amides is 1. The van der Waals surface area contributed by atoms with Crippen molar-refractivity contribution in [1.29, 1.82) is 0 Å². The summed E-state index contributed by atoms with van der Waals surface area (Å²) < 4.78 is 26.8. The Hall–Kier alpha value is -0.960. The SMILES string of the molecule is CN1CCN(C(=O)CN(C)S(=O)(=O)c2ccc(Br)cc2)CC1. The van der Waals surface area contributed by atoms with Crippen LogP contribution in [0.2, 0.25) is 0 Å². The van der Waals surface area contributed by atoms with Gasteiger partial charge < -0.3 is 9.80 Å². The average Bonchev–Trinajstić information content (AvgIpc) is 2.48. The number of rotatable bonds is 4. The van der Waals surface area contributed by atoms with E-state index in [-0.39, 0.29) is 17.3 Å². The molecular formula is C14H20BrN3O3S. The molecule has 1 amide bonds. The Bertz CT molecular complexity index is 625. The van der Waals surface area contributed by atoms with Gasteiger partial charge in [0.25, 0.3) is 0 Å². The van der Waals surface area contributed by atoms with Crippen molar-refractivity contribution in [3.63, 3.8) is 0 Å². The van der Waals surface area contributed by atoms with Crippen LogP contribution in [0.5, 0.6) is 0 Å². The molecule has 0 N–H and O–H groups in total. The van der Waals surface area contributed by atoms with Gasteiger partial charge in [0, 0.05) is 37.7 Å². The van der Waals surface area contributed by atoms with E-state index in [4.69, 9.17) is 0 Å². The molecule has 122 valence electrons. The zero-order valence-electron chi connectivity index (χ0n) is 12.7. The fraction of sp³-hybridized carbons (Fsp3) is 0.500. The van der Waals surface area contributed by atoms with Crippen molar-refractivity contribution in [2.75, 3.05) is 46.8 Å². The molecule has 0 bridgehead atoms. The summed E-state index contributed by atoms with van der Waals surface area (Å²) >= 11 is 3.27. The maximum Gasteiger partial charge on any atom is 0.243 e. The van der Waals surface area contributed by atoms with Crippen molar-refractivity contribution in [3.8, 4) is 0 Å². The van der Waals surface area contributed by atoms with E-state index >= 15 is 0 Å². The first-order chi connectivity index (χ1) is 10.3. The van der Waals surface area contributed by atoms with Gasteiger partial charge in [0.05, 0.1) is 11.4 Å². The van der Waals surface area contributed by atoms with Gasteiger partial charge in [-0.15, -0.1) is 0 Å². The molecule has 8 heteroatoms. The number of carbonyl (C=O) groups excluding carboxylic acids is 1. The van der Waals surface area contributed by atoms with E-state index in [0.29, 0.717) is 13.1 Å². The molecule has 1 heterocycles. The first-order valence-electron chi connectivity index (χ1n) is 6.99. The number of sulfonamides is 1. The number of hydrogen-bond donors (Lipinski definition) is 0. The van der Waals surface area contributed by atoms with Crippen molar-refractivity contribution in [2.45, 2.75) is 4.90 Å². The number of carbonyl (C=O) groups is 1. The lowest BCUT2D eigenvalue weighted by Crippen LogP contribution is -2.50. The molecule has 6 nitrogen and oxygen atoms in total. The third kappa shape index (κ3) is 4.07. The van der Waals surface area contributed by atoms with E-state index in [0.717, 1.165) is 21.9 Å². The summed E-state index contributed by atoms with van der Waals surface area (Å²) in [6.07, 6.45) is 0. The van der Waals surface area contributed by atoms with Crippen LogP contribution in [-0.2, 0) is 14.8 Å². The number of likely N-dealkylation sites (N-methyl/N-ethyl adjacent to an activating group) is 2. The Kier molecular flexibility index (Phi) is 5.60. The Labute approximate surface area is 139 Å². The highest BCUT2D eigenvalue weighted by molar-refractivity contribution is 9.10. The van der Waals surface area contributed by atoms with Crippen LogP contribution < -0.4 is 0 Å². The Morgan fingerprint density at radius 2 is 1.73 bits per heavy atom. The molecule has 22 heavy (non-hydrogen) atoms. The van der Waals surface area contributed by atoms with Crippen LogP contribution >= 0.6 is 15.9 Å². The van der Waals surface area contributed by atoms with Crippen LogP contribution in [0.15, 0.2) is 33.6 Å². The van der Waals surface area contributed by atoms with Crippen molar-refractivity contribution in [2.24, 2.45) is 0 Å². The molecule has 0 unspecified atom stereocenters.